The lowest BCUT2D eigenvalue weighted by Gasteiger charge is -2.32. The number of nitrogens with zero attached hydrogens (tertiary/aromatic N) is 3. The standard InChI is InChI=1S/C25H27ClN4/c1-17-15-28-16-30(17)12-8-19-13-20-14-21(26)4-5-22(20)24(18-6-10-27-11-7-18)25-23(19)3-2-9-29-25/h2-5,9,13-16,18,24,27H,6-8,10-12H2,1H3. The molecule has 3 heterocycles. The van der Waals surface area contributed by atoms with E-state index < -0.39 is 0 Å². The van der Waals surface area contributed by atoms with Crippen LogP contribution in [0, 0.1) is 12.8 Å². The number of benzene rings is 1. The minimum Gasteiger partial charge on any atom is -0.335 e. The largest absolute Gasteiger partial charge is 0.335 e. The summed E-state index contributed by atoms with van der Waals surface area (Å²) in [7, 11) is 0. The van der Waals surface area contributed by atoms with Crippen molar-refractivity contribution in [3.63, 3.8) is 0 Å². The van der Waals surface area contributed by atoms with Gasteiger partial charge in [0.2, 0.25) is 0 Å². The number of pyridine rings is 1. The molecule has 154 valence electrons. The normalized spacial score (nSPS) is 19.0. The highest BCUT2D eigenvalue weighted by atomic mass is 35.5. The number of hydrogen-bond donors (Lipinski definition) is 1. The van der Waals surface area contributed by atoms with Crippen molar-refractivity contribution in [3.05, 3.63) is 82.2 Å². The Bertz CT molecular complexity index is 1080. The number of aryl methyl sites for hydroxylation is 2. The molecule has 2 aliphatic rings. The number of aromatic nitrogens is 3. The molecule has 1 aromatic carbocycles. The predicted octanol–water partition coefficient (Wildman–Crippen LogP) is 5.32. The Balaban J connectivity index is 1.61. The van der Waals surface area contributed by atoms with Gasteiger partial charge in [-0.05, 0) is 85.7 Å². The molecule has 5 rings (SSSR count). The van der Waals surface area contributed by atoms with E-state index >= 15 is 0 Å². The second-order valence-corrected chi connectivity index (χ2v) is 8.86. The summed E-state index contributed by atoms with van der Waals surface area (Å²) in [6, 6.07) is 10.7. The molecule has 1 N–H and O–H groups in total. The van der Waals surface area contributed by atoms with E-state index in [0.717, 1.165) is 31.1 Å². The van der Waals surface area contributed by atoms with Crippen molar-refractivity contribution >= 4 is 23.3 Å². The maximum Gasteiger partial charge on any atom is 0.0948 e. The summed E-state index contributed by atoms with van der Waals surface area (Å²) in [5.41, 5.74) is 7.62. The molecule has 4 nitrogen and oxygen atoms in total. The zero-order valence-electron chi connectivity index (χ0n) is 17.3. The zero-order valence-corrected chi connectivity index (χ0v) is 18.1. The average Bonchev–Trinajstić information content (AvgIpc) is 3.12. The van der Waals surface area contributed by atoms with Gasteiger partial charge in [0.05, 0.1) is 12.0 Å². The van der Waals surface area contributed by atoms with Crippen molar-refractivity contribution < 1.29 is 0 Å². The number of rotatable bonds is 4. The molecule has 1 unspecified atom stereocenters. The van der Waals surface area contributed by atoms with Gasteiger partial charge in [-0.15, -0.1) is 0 Å². The maximum atomic E-state index is 6.43. The minimum atomic E-state index is 0.305. The van der Waals surface area contributed by atoms with Crippen molar-refractivity contribution in [1.82, 2.24) is 19.9 Å². The molecule has 1 fully saturated rings. The minimum absolute atomic E-state index is 0.305. The van der Waals surface area contributed by atoms with Crippen LogP contribution in [0.3, 0.4) is 0 Å². The third kappa shape index (κ3) is 3.70. The number of piperidine rings is 1. The fourth-order valence-electron chi connectivity index (χ4n) is 5.03. The molecule has 0 radical (unpaired) electrons. The molecule has 30 heavy (non-hydrogen) atoms. The fourth-order valence-corrected chi connectivity index (χ4v) is 5.21. The Morgan fingerprint density at radius 2 is 2.07 bits per heavy atom. The van der Waals surface area contributed by atoms with Crippen molar-refractivity contribution in [3.8, 4) is 0 Å². The fraction of sp³-hybridized carbons (Fsp3) is 0.360. The molecule has 0 amide bonds. The summed E-state index contributed by atoms with van der Waals surface area (Å²) in [6.07, 6.45) is 11.4. The Morgan fingerprint density at radius 1 is 1.20 bits per heavy atom. The molecule has 1 saturated heterocycles. The van der Waals surface area contributed by atoms with Gasteiger partial charge in [0.1, 0.15) is 0 Å². The van der Waals surface area contributed by atoms with Gasteiger partial charge in [0, 0.05) is 35.6 Å². The second kappa shape index (κ2) is 8.37. The van der Waals surface area contributed by atoms with Crippen LogP contribution >= 0.6 is 11.6 Å². The van der Waals surface area contributed by atoms with E-state index in [1.807, 2.05) is 24.8 Å². The van der Waals surface area contributed by atoms with Crippen LogP contribution in [-0.2, 0) is 6.54 Å². The monoisotopic (exact) mass is 418 g/mol. The van der Waals surface area contributed by atoms with Crippen LogP contribution in [0.15, 0.2) is 49.1 Å². The first-order chi connectivity index (χ1) is 14.7. The lowest BCUT2D eigenvalue weighted by Crippen LogP contribution is -2.32. The van der Waals surface area contributed by atoms with Gasteiger partial charge in [0.25, 0.3) is 0 Å². The predicted molar refractivity (Wildman–Crippen MR) is 123 cm³/mol. The third-order valence-electron chi connectivity index (χ3n) is 6.59. The number of fused-ring (bicyclic) bond motifs is 2. The van der Waals surface area contributed by atoms with Gasteiger partial charge in [-0.3, -0.25) is 4.98 Å². The summed E-state index contributed by atoms with van der Waals surface area (Å²) in [5.74, 6) is 0.891. The van der Waals surface area contributed by atoms with Gasteiger partial charge in [-0.25, -0.2) is 4.98 Å². The number of allylic oxidation sites excluding steroid dienone is 1. The highest BCUT2D eigenvalue weighted by Gasteiger charge is 2.32. The van der Waals surface area contributed by atoms with Crippen LogP contribution in [-0.4, -0.2) is 27.6 Å². The van der Waals surface area contributed by atoms with Gasteiger partial charge in [-0.1, -0.05) is 29.8 Å². The molecule has 5 heteroatoms. The number of hydrogen-bond acceptors (Lipinski definition) is 3. The Kier molecular flexibility index (Phi) is 5.45. The van der Waals surface area contributed by atoms with Crippen LogP contribution < -0.4 is 5.32 Å². The van der Waals surface area contributed by atoms with Gasteiger partial charge in [0.15, 0.2) is 0 Å². The van der Waals surface area contributed by atoms with E-state index in [2.05, 4.69) is 52.1 Å². The molecular weight excluding hydrogens is 392 g/mol. The van der Waals surface area contributed by atoms with E-state index in [9.17, 15) is 0 Å². The van der Waals surface area contributed by atoms with Crippen LogP contribution in [0.5, 0.6) is 0 Å². The first kappa shape index (κ1) is 19.5. The van der Waals surface area contributed by atoms with Gasteiger partial charge in [-0.2, -0.15) is 0 Å². The first-order valence-electron chi connectivity index (χ1n) is 10.8. The molecule has 1 aliphatic carbocycles. The zero-order chi connectivity index (χ0) is 20.5. The number of halogens is 1. The lowest BCUT2D eigenvalue weighted by molar-refractivity contribution is 0.339. The SMILES string of the molecule is Cc1cncn1CCC1=Cc2cc(Cl)ccc2C(C2CCNCC2)c2ncccc21. The smallest absolute Gasteiger partial charge is 0.0948 e. The molecule has 0 bridgehead atoms. The quantitative estimate of drug-likeness (QED) is 0.623. The molecule has 0 saturated carbocycles. The number of nitrogens with one attached hydrogen (secondary N) is 1. The van der Waals surface area contributed by atoms with E-state index in [1.165, 1.54) is 46.5 Å². The van der Waals surface area contributed by atoms with Crippen LogP contribution in [0.25, 0.3) is 11.6 Å². The Hall–Kier alpha value is -2.43. The molecule has 1 aliphatic heterocycles. The number of imidazole rings is 1. The lowest BCUT2D eigenvalue weighted by atomic mass is 9.76. The molecule has 2 aromatic heterocycles. The average molecular weight is 419 g/mol. The van der Waals surface area contributed by atoms with Gasteiger partial charge >= 0.3 is 0 Å². The first-order valence-corrected chi connectivity index (χ1v) is 11.2. The second-order valence-electron chi connectivity index (χ2n) is 8.42. The third-order valence-corrected chi connectivity index (χ3v) is 6.83. The summed E-state index contributed by atoms with van der Waals surface area (Å²) >= 11 is 6.43. The highest BCUT2D eigenvalue weighted by molar-refractivity contribution is 6.30. The van der Waals surface area contributed by atoms with E-state index in [-0.39, 0.29) is 0 Å². The molecular formula is C25H27ClN4. The van der Waals surface area contributed by atoms with E-state index in [4.69, 9.17) is 16.6 Å². The molecule has 1 atom stereocenters. The van der Waals surface area contributed by atoms with Crippen molar-refractivity contribution in [2.75, 3.05) is 13.1 Å². The van der Waals surface area contributed by atoms with Crippen LogP contribution in [0.1, 0.15) is 53.3 Å². The summed E-state index contributed by atoms with van der Waals surface area (Å²) in [5, 5.41) is 4.30. The summed E-state index contributed by atoms with van der Waals surface area (Å²) in [4.78, 5) is 9.23. The maximum absolute atomic E-state index is 6.43. The molecule has 0 spiro atoms. The van der Waals surface area contributed by atoms with Gasteiger partial charge < -0.3 is 9.88 Å². The summed E-state index contributed by atoms with van der Waals surface area (Å²) < 4.78 is 2.21. The van der Waals surface area contributed by atoms with E-state index in [0.29, 0.717) is 11.8 Å². The molecule has 3 aromatic rings. The van der Waals surface area contributed by atoms with Crippen LogP contribution in [0.4, 0.5) is 0 Å². The van der Waals surface area contributed by atoms with Crippen molar-refractivity contribution in [2.24, 2.45) is 5.92 Å². The summed E-state index contributed by atoms with van der Waals surface area (Å²) in [6.45, 7) is 5.16. The van der Waals surface area contributed by atoms with Crippen molar-refractivity contribution in [2.45, 2.75) is 38.6 Å². The topological polar surface area (TPSA) is 42.7 Å². The van der Waals surface area contributed by atoms with E-state index in [1.54, 1.807) is 0 Å². The highest BCUT2D eigenvalue weighted by Crippen LogP contribution is 2.44. The Morgan fingerprint density at radius 3 is 2.87 bits per heavy atom. The Labute approximate surface area is 183 Å². The van der Waals surface area contributed by atoms with Crippen molar-refractivity contribution in [1.29, 1.82) is 0 Å². The van der Waals surface area contributed by atoms with Crippen LogP contribution in [0.2, 0.25) is 5.02 Å².